The van der Waals surface area contributed by atoms with Crippen LogP contribution in [0.25, 0.3) is 0 Å². The zero-order valence-electron chi connectivity index (χ0n) is 9.31. The van der Waals surface area contributed by atoms with Crippen LogP contribution in [0.15, 0.2) is 6.33 Å². The Morgan fingerprint density at radius 3 is 2.50 bits per heavy atom. The fourth-order valence-corrected chi connectivity index (χ4v) is 1.16. The molecule has 0 aliphatic rings. The number of hydrogen-bond donors (Lipinski definition) is 3. The maximum Gasteiger partial charge on any atom is 0.326 e. The van der Waals surface area contributed by atoms with Crippen LogP contribution in [-0.2, 0) is 4.79 Å². The van der Waals surface area contributed by atoms with E-state index in [9.17, 15) is 9.59 Å². The largest absolute Gasteiger partial charge is 0.480 e. The van der Waals surface area contributed by atoms with E-state index in [0.717, 1.165) is 0 Å². The molecule has 1 heterocycles. The molecule has 1 unspecified atom stereocenters. The minimum Gasteiger partial charge on any atom is -0.480 e. The molecule has 16 heavy (non-hydrogen) atoms. The Hall–Kier alpha value is -1.92. The molecule has 0 saturated carbocycles. The lowest BCUT2D eigenvalue weighted by molar-refractivity contribution is -0.142. The summed E-state index contributed by atoms with van der Waals surface area (Å²) in [5.74, 6) is -1.67. The molecule has 7 heteroatoms. The van der Waals surface area contributed by atoms with Gasteiger partial charge in [0.2, 0.25) is 5.82 Å². The zero-order valence-corrected chi connectivity index (χ0v) is 9.31. The smallest absolute Gasteiger partial charge is 0.326 e. The number of carbonyl (C=O) groups excluding carboxylic acids is 1. The summed E-state index contributed by atoms with van der Waals surface area (Å²) in [6.45, 7) is 5.19. The molecule has 0 aromatic carbocycles. The number of rotatable bonds is 3. The topological polar surface area (TPSA) is 108 Å². The van der Waals surface area contributed by atoms with Crippen LogP contribution in [0.4, 0.5) is 0 Å². The number of nitrogens with zero attached hydrogens (tertiary/aromatic N) is 2. The molecular formula is C9H14N4O3. The number of carboxylic acids is 1. The van der Waals surface area contributed by atoms with Gasteiger partial charge in [-0.05, 0) is 5.41 Å². The highest BCUT2D eigenvalue weighted by atomic mass is 16.4. The summed E-state index contributed by atoms with van der Waals surface area (Å²) in [6.07, 6.45) is 1.18. The summed E-state index contributed by atoms with van der Waals surface area (Å²) in [5, 5.41) is 17.3. The van der Waals surface area contributed by atoms with Gasteiger partial charge in [-0.1, -0.05) is 20.8 Å². The highest BCUT2D eigenvalue weighted by molar-refractivity contribution is 5.93. The van der Waals surface area contributed by atoms with E-state index in [2.05, 4.69) is 20.5 Å². The third kappa shape index (κ3) is 2.78. The molecule has 0 saturated heterocycles. The molecule has 0 fully saturated rings. The molecule has 1 aromatic rings. The second-order valence-electron chi connectivity index (χ2n) is 4.44. The van der Waals surface area contributed by atoms with Crippen molar-refractivity contribution in [3.63, 3.8) is 0 Å². The second kappa shape index (κ2) is 4.30. The van der Waals surface area contributed by atoms with Gasteiger partial charge in [-0.3, -0.25) is 9.89 Å². The standard InChI is InChI=1S/C9H14N4O3/c1-9(2,3)5(8(15)16)12-7(14)6-10-4-11-13-6/h4-5H,1-3H3,(H,12,14)(H,15,16)(H,10,11,13). The van der Waals surface area contributed by atoms with Gasteiger partial charge in [-0.25, -0.2) is 9.78 Å². The number of carboxylic acid groups (broad SMARTS) is 1. The summed E-state index contributed by atoms with van der Waals surface area (Å²) in [7, 11) is 0. The van der Waals surface area contributed by atoms with Gasteiger partial charge in [-0.2, -0.15) is 5.10 Å². The van der Waals surface area contributed by atoms with Crippen LogP contribution in [0.5, 0.6) is 0 Å². The van der Waals surface area contributed by atoms with Crippen molar-refractivity contribution in [1.82, 2.24) is 20.5 Å². The molecule has 88 valence electrons. The van der Waals surface area contributed by atoms with E-state index in [-0.39, 0.29) is 5.82 Å². The molecule has 0 aliphatic carbocycles. The molecule has 1 rings (SSSR count). The summed E-state index contributed by atoms with van der Waals surface area (Å²) < 4.78 is 0. The summed E-state index contributed by atoms with van der Waals surface area (Å²) >= 11 is 0. The predicted octanol–water partition coefficient (Wildman–Crippen LogP) is 0.0338. The maximum absolute atomic E-state index is 11.6. The van der Waals surface area contributed by atoms with Gasteiger partial charge in [0.15, 0.2) is 0 Å². The lowest BCUT2D eigenvalue weighted by Gasteiger charge is -2.27. The molecule has 1 atom stereocenters. The maximum atomic E-state index is 11.6. The van der Waals surface area contributed by atoms with Crippen molar-refractivity contribution in [3.05, 3.63) is 12.2 Å². The summed E-state index contributed by atoms with van der Waals surface area (Å²) in [5.41, 5.74) is -0.582. The first-order valence-corrected chi connectivity index (χ1v) is 4.71. The van der Waals surface area contributed by atoms with Gasteiger partial charge in [0.1, 0.15) is 12.4 Å². The molecule has 1 amide bonds. The normalized spacial score (nSPS) is 13.2. The molecule has 0 spiro atoms. The van der Waals surface area contributed by atoms with Gasteiger partial charge >= 0.3 is 5.97 Å². The summed E-state index contributed by atoms with van der Waals surface area (Å²) in [4.78, 5) is 26.2. The number of carbonyl (C=O) groups is 2. The van der Waals surface area contributed by atoms with E-state index in [1.54, 1.807) is 20.8 Å². The van der Waals surface area contributed by atoms with E-state index in [1.165, 1.54) is 6.33 Å². The summed E-state index contributed by atoms with van der Waals surface area (Å²) in [6, 6.07) is -0.981. The molecule has 0 aliphatic heterocycles. The Morgan fingerprint density at radius 2 is 2.12 bits per heavy atom. The minimum atomic E-state index is -1.08. The van der Waals surface area contributed by atoms with Crippen LogP contribution in [-0.4, -0.2) is 38.2 Å². The van der Waals surface area contributed by atoms with E-state index in [4.69, 9.17) is 5.11 Å². The van der Waals surface area contributed by atoms with Gasteiger partial charge in [0, 0.05) is 0 Å². The average molecular weight is 226 g/mol. The van der Waals surface area contributed by atoms with Gasteiger partial charge in [0.25, 0.3) is 5.91 Å². The number of nitrogens with one attached hydrogen (secondary N) is 2. The number of aliphatic carboxylic acids is 1. The molecule has 3 N–H and O–H groups in total. The third-order valence-electron chi connectivity index (χ3n) is 2.02. The van der Waals surface area contributed by atoms with Crippen molar-refractivity contribution in [2.24, 2.45) is 5.41 Å². The molecule has 1 aromatic heterocycles. The predicted molar refractivity (Wildman–Crippen MR) is 54.7 cm³/mol. The quantitative estimate of drug-likeness (QED) is 0.674. The van der Waals surface area contributed by atoms with E-state index < -0.39 is 23.3 Å². The Kier molecular flexibility index (Phi) is 3.26. The average Bonchev–Trinajstić information content (AvgIpc) is 2.63. The van der Waals surface area contributed by atoms with Crippen LogP contribution in [0.3, 0.4) is 0 Å². The number of H-pyrrole nitrogens is 1. The van der Waals surface area contributed by atoms with Crippen LogP contribution in [0, 0.1) is 5.41 Å². The molecule has 7 nitrogen and oxygen atoms in total. The van der Waals surface area contributed by atoms with Crippen LogP contribution in [0.1, 0.15) is 31.4 Å². The minimum absolute atomic E-state index is 0.00417. The van der Waals surface area contributed by atoms with E-state index >= 15 is 0 Å². The van der Waals surface area contributed by atoms with Crippen molar-refractivity contribution in [3.8, 4) is 0 Å². The van der Waals surface area contributed by atoms with Crippen LogP contribution >= 0.6 is 0 Å². The highest BCUT2D eigenvalue weighted by Gasteiger charge is 2.33. The third-order valence-corrected chi connectivity index (χ3v) is 2.02. The lowest BCUT2D eigenvalue weighted by Crippen LogP contribution is -2.49. The monoisotopic (exact) mass is 226 g/mol. The van der Waals surface area contributed by atoms with E-state index in [0.29, 0.717) is 0 Å². The zero-order chi connectivity index (χ0) is 12.3. The Balaban J connectivity index is 2.78. The second-order valence-corrected chi connectivity index (χ2v) is 4.44. The number of amides is 1. The van der Waals surface area contributed by atoms with Crippen molar-refractivity contribution in [2.45, 2.75) is 26.8 Å². The van der Waals surface area contributed by atoms with Gasteiger partial charge < -0.3 is 10.4 Å². The van der Waals surface area contributed by atoms with Gasteiger partial charge in [-0.15, -0.1) is 0 Å². The van der Waals surface area contributed by atoms with Crippen molar-refractivity contribution in [1.29, 1.82) is 0 Å². The Bertz CT molecular complexity index is 380. The molecular weight excluding hydrogens is 212 g/mol. The number of aromatic nitrogens is 3. The first-order chi connectivity index (χ1) is 7.32. The highest BCUT2D eigenvalue weighted by Crippen LogP contribution is 2.19. The van der Waals surface area contributed by atoms with Crippen LogP contribution in [0.2, 0.25) is 0 Å². The van der Waals surface area contributed by atoms with E-state index in [1.807, 2.05) is 0 Å². The Labute approximate surface area is 92.3 Å². The molecule has 0 radical (unpaired) electrons. The van der Waals surface area contributed by atoms with Crippen molar-refractivity contribution >= 4 is 11.9 Å². The van der Waals surface area contributed by atoms with Gasteiger partial charge in [0.05, 0.1) is 0 Å². The SMILES string of the molecule is CC(C)(C)C(NC(=O)c1ncn[nH]1)C(=O)O. The first-order valence-electron chi connectivity index (χ1n) is 4.71. The fourth-order valence-electron chi connectivity index (χ4n) is 1.16. The van der Waals surface area contributed by atoms with Crippen molar-refractivity contribution < 1.29 is 14.7 Å². The van der Waals surface area contributed by atoms with Crippen molar-refractivity contribution in [2.75, 3.05) is 0 Å². The molecule has 0 bridgehead atoms. The fraction of sp³-hybridized carbons (Fsp3) is 0.556. The Morgan fingerprint density at radius 1 is 1.50 bits per heavy atom. The number of aromatic amines is 1. The lowest BCUT2D eigenvalue weighted by atomic mass is 9.87. The first kappa shape index (κ1) is 12.2. The van der Waals surface area contributed by atoms with Crippen LogP contribution < -0.4 is 5.32 Å². The number of hydrogen-bond acceptors (Lipinski definition) is 4.